The predicted molar refractivity (Wildman–Crippen MR) is 114 cm³/mol. The lowest BCUT2D eigenvalue weighted by Crippen LogP contribution is -2.49. The molecule has 148 valence electrons. The summed E-state index contributed by atoms with van der Waals surface area (Å²) < 4.78 is 1.34. The van der Waals surface area contributed by atoms with Gasteiger partial charge in [-0.1, -0.05) is 41.9 Å². The quantitative estimate of drug-likeness (QED) is 0.666. The summed E-state index contributed by atoms with van der Waals surface area (Å²) in [5, 5.41) is 5.02. The van der Waals surface area contributed by atoms with Crippen molar-refractivity contribution in [3.63, 3.8) is 0 Å². The van der Waals surface area contributed by atoms with Crippen LogP contribution in [0.15, 0.2) is 71.5 Å². The van der Waals surface area contributed by atoms with Crippen molar-refractivity contribution in [2.45, 2.75) is 6.54 Å². The van der Waals surface area contributed by atoms with Gasteiger partial charge in [-0.25, -0.2) is 4.68 Å². The number of aromatic nitrogens is 2. The number of rotatable bonds is 4. The fourth-order valence-electron chi connectivity index (χ4n) is 3.41. The molecule has 1 aliphatic heterocycles. The number of carbonyl (C=O) groups is 1. The van der Waals surface area contributed by atoms with Crippen LogP contribution >= 0.6 is 11.6 Å². The second-order valence-electron chi connectivity index (χ2n) is 6.96. The second kappa shape index (κ2) is 8.49. The van der Waals surface area contributed by atoms with E-state index in [1.807, 2.05) is 54.6 Å². The SMILES string of the molecule is O=C(c1ccc(=O)n(Cc2ccccc2)n1)N1CCN(c2ccc(Cl)cc2)CC1. The summed E-state index contributed by atoms with van der Waals surface area (Å²) in [6.45, 7) is 3.00. The van der Waals surface area contributed by atoms with Crippen LogP contribution in [0.25, 0.3) is 0 Å². The van der Waals surface area contributed by atoms with E-state index in [4.69, 9.17) is 11.6 Å². The minimum Gasteiger partial charge on any atom is -0.368 e. The van der Waals surface area contributed by atoms with E-state index >= 15 is 0 Å². The highest BCUT2D eigenvalue weighted by Gasteiger charge is 2.23. The molecule has 2 aromatic carbocycles. The van der Waals surface area contributed by atoms with E-state index in [0.717, 1.165) is 24.3 Å². The molecule has 0 bridgehead atoms. The second-order valence-corrected chi connectivity index (χ2v) is 7.39. The van der Waals surface area contributed by atoms with E-state index in [1.54, 1.807) is 4.90 Å². The van der Waals surface area contributed by atoms with Crippen molar-refractivity contribution in [3.05, 3.63) is 93.4 Å². The van der Waals surface area contributed by atoms with Gasteiger partial charge in [0.05, 0.1) is 6.54 Å². The zero-order valence-corrected chi connectivity index (χ0v) is 16.6. The molecule has 0 saturated carbocycles. The van der Waals surface area contributed by atoms with Crippen molar-refractivity contribution in [1.29, 1.82) is 0 Å². The summed E-state index contributed by atoms with van der Waals surface area (Å²) >= 11 is 5.96. The minimum atomic E-state index is -0.224. The first-order valence-electron chi connectivity index (χ1n) is 9.52. The first-order valence-corrected chi connectivity index (χ1v) is 9.90. The van der Waals surface area contributed by atoms with Crippen molar-refractivity contribution in [3.8, 4) is 0 Å². The Morgan fingerprint density at radius 2 is 1.59 bits per heavy atom. The molecular weight excluding hydrogens is 388 g/mol. The molecule has 4 rings (SSSR count). The highest BCUT2D eigenvalue weighted by atomic mass is 35.5. The molecule has 0 radical (unpaired) electrons. The van der Waals surface area contributed by atoms with Gasteiger partial charge in [-0.3, -0.25) is 9.59 Å². The molecule has 0 spiro atoms. The van der Waals surface area contributed by atoms with Gasteiger partial charge in [0.1, 0.15) is 5.69 Å². The van der Waals surface area contributed by atoms with Crippen LogP contribution in [0.2, 0.25) is 5.02 Å². The zero-order chi connectivity index (χ0) is 20.2. The highest BCUT2D eigenvalue weighted by Crippen LogP contribution is 2.19. The number of nitrogens with zero attached hydrogens (tertiary/aromatic N) is 4. The predicted octanol–water partition coefficient (Wildman–Crippen LogP) is 2.91. The number of amides is 1. The van der Waals surface area contributed by atoms with Gasteiger partial charge in [-0.05, 0) is 35.9 Å². The minimum absolute atomic E-state index is 0.150. The normalized spacial score (nSPS) is 14.1. The summed E-state index contributed by atoms with van der Waals surface area (Å²) in [6, 6.07) is 20.2. The van der Waals surface area contributed by atoms with Crippen LogP contribution in [0, 0.1) is 0 Å². The fraction of sp³-hybridized carbons (Fsp3) is 0.227. The molecule has 1 amide bonds. The number of hydrogen-bond acceptors (Lipinski definition) is 4. The first kappa shape index (κ1) is 19.2. The Labute approximate surface area is 173 Å². The molecule has 1 fully saturated rings. The molecule has 0 atom stereocenters. The molecule has 1 aliphatic rings. The van der Waals surface area contributed by atoms with Crippen LogP contribution in [0.5, 0.6) is 0 Å². The first-order chi connectivity index (χ1) is 14.1. The van der Waals surface area contributed by atoms with Gasteiger partial charge in [0.15, 0.2) is 0 Å². The molecule has 1 saturated heterocycles. The van der Waals surface area contributed by atoms with Gasteiger partial charge in [-0.2, -0.15) is 5.10 Å². The van der Waals surface area contributed by atoms with E-state index in [0.29, 0.717) is 30.4 Å². The topological polar surface area (TPSA) is 58.4 Å². The van der Waals surface area contributed by atoms with E-state index in [1.165, 1.54) is 16.8 Å². The number of hydrogen-bond donors (Lipinski definition) is 0. The molecule has 0 aliphatic carbocycles. The van der Waals surface area contributed by atoms with Crippen LogP contribution in [-0.4, -0.2) is 46.8 Å². The highest BCUT2D eigenvalue weighted by molar-refractivity contribution is 6.30. The number of halogens is 1. The fourth-order valence-corrected chi connectivity index (χ4v) is 3.54. The summed E-state index contributed by atoms with van der Waals surface area (Å²) in [7, 11) is 0. The zero-order valence-electron chi connectivity index (χ0n) is 15.9. The Hall–Kier alpha value is -3.12. The van der Waals surface area contributed by atoms with Crippen LogP contribution in [0.4, 0.5) is 5.69 Å². The molecule has 1 aromatic heterocycles. The van der Waals surface area contributed by atoms with E-state index in [2.05, 4.69) is 10.00 Å². The van der Waals surface area contributed by atoms with Crippen molar-refractivity contribution >= 4 is 23.2 Å². The summed E-state index contributed by atoms with van der Waals surface area (Å²) in [5.41, 5.74) is 2.12. The summed E-state index contributed by atoms with van der Waals surface area (Å²) in [6.07, 6.45) is 0. The Kier molecular flexibility index (Phi) is 5.62. The Balaban J connectivity index is 1.44. The molecular formula is C22H21ClN4O2. The molecule has 0 unspecified atom stereocenters. The third-order valence-electron chi connectivity index (χ3n) is 5.02. The van der Waals surface area contributed by atoms with Crippen molar-refractivity contribution in [1.82, 2.24) is 14.7 Å². The maximum absolute atomic E-state index is 12.9. The number of piperazine rings is 1. The number of anilines is 1. The molecule has 7 heteroatoms. The maximum Gasteiger partial charge on any atom is 0.274 e. The average Bonchev–Trinajstić information content (AvgIpc) is 2.76. The molecule has 2 heterocycles. The molecule has 0 N–H and O–H groups in total. The largest absolute Gasteiger partial charge is 0.368 e. The van der Waals surface area contributed by atoms with Crippen molar-refractivity contribution in [2.24, 2.45) is 0 Å². The lowest BCUT2D eigenvalue weighted by Gasteiger charge is -2.36. The number of benzene rings is 2. The Bertz CT molecular complexity index is 1040. The van der Waals surface area contributed by atoms with Crippen LogP contribution < -0.4 is 10.5 Å². The number of carbonyl (C=O) groups excluding carboxylic acids is 1. The van der Waals surface area contributed by atoms with Gasteiger partial charge in [-0.15, -0.1) is 0 Å². The summed E-state index contributed by atoms with van der Waals surface area (Å²) in [4.78, 5) is 29.1. The van der Waals surface area contributed by atoms with Gasteiger partial charge in [0.25, 0.3) is 11.5 Å². The molecule has 3 aromatic rings. The monoisotopic (exact) mass is 408 g/mol. The molecule has 6 nitrogen and oxygen atoms in total. The van der Waals surface area contributed by atoms with Gasteiger partial charge >= 0.3 is 0 Å². The molecule has 29 heavy (non-hydrogen) atoms. The van der Waals surface area contributed by atoms with Gasteiger partial charge in [0.2, 0.25) is 0 Å². The summed E-state index contributed by atoms with van der Waals surface area (Å²) in [5.74, 6) is -0.150. The average molecular weight is 409 g/mol. The van der Waals surface area contributed by atoms with E-state index < -0.39 is 0 Å². The Morgan fingerprint density at radius 3 is 2.28 bits per heavy atom. The van der Waals surface area contributed by atoms with Crippen molar-refractivity contribution in [2.75, 3.05) is 31.1 Å². The van der Waals surface area contributed by atoms with Crippen molar-refractivity contribution < 1.29 is 4.79 Å². The maximum atomic E-state index is 12.9. The van der Waals surface area contributed by atoms with Gasteiger partial charge in [0, 0.05) is 43.0 Å². The lowest BCUT2D eigenvalue weighted by molar-refractivity contribution is 0.0738. The van der Waals surface area contributed by atoms with E-state index in [-0.39, 0.29) is 11.5 Å². The standard InChI is InChI=1S/C22H21ClN4O2/c23-18-6-8-19(9-7-18)25-12-14-26(15-13-25)22(29)20-10-11-21(28)27(24-20)16-17-4-2-1-3-5-17/h1-11H,12-16H2. The van der Waals surface area contributed by atoms with Crippen LogP contribution in [0.3, 0.4) is 0 Å². The van der Waals surface area contributed by atoms with Gasteiger partial charge < -0.3 is 9.80 Å². The van der Waals surface area contributed by atoms with E-state index in [9.17, 15) is 9.59 Å². The van der Waals surface area contributed by atoms with Crippen LogP contribution in [-0.2, 0) is 6.54 Å². The smallest absolute Gasteiger partial charge is 0.274 e. The third kappa shape index (κ3) is 4.49. The van der Waals surface area contributed by atoms with Crippen LogP contribution in [0.1, 0.15) is 16.1 Å². The lowest BCUT2D eigenvalue weighted by atomic mass is 10.2. The Morgan fingerprint density at radius 1 is 0.897 bits per heavy atom. The third-order valence-corrected chi connectivity index (χ3v) is 5.27.